The second-order valence-electron chi connectivity index (χ2n) is 1.43. The van der Waals surface area contributed by atoms with E-state index in [2.05, 4.69) is 9.49 Å². The van der Waals surface area contributed by atoms with Crippen molar-refractivity contribution in [2.45, 2.75) is 0 Å². The molecule has 0 aliphatic heterocycles. The van der Waals surface area contributed by atoms with Gasteiger partial charge in [-0.05, 0) is 12.1 Å². The maximum absolute atomic E-state index is 3.97. The van der Waals surface area contributed by atoms with E-state index in [0.29, 0.717) is 8.51 Å². The molecular weight excluding hydrogens is 131 g/mol. The van der Waals surface area contributed by atoms with Crippen LogP contribution in [0.2, 0.25) is 0 Å². The van der Waals surface area contributed by atoms with E-state index in [1.54, 1.807) is 12.4 Å². The van der Waals surface area contributed by atoms with Gasteiger partial charge in [-0.15, -0.1) is 0 Å². The van der Waals surface area contributed by atoms with Crippen molar-refractivity contribution in [3.63, 3.8) is 0 Å². The van der Waals surface area contributed by atoms with Crippen LogP contribution < -0.4 is 0 Å². The fraction of sp³-hybridized carbons (Fsp3) is 0. The van der Waals surface area contributed by atoms with E-state index in [1.165, 1.54) is 0 Å². The zero-order chi connectivity index (χ0) is 6.36. The predicted octanol–water partition coefficient (Wildman–Crippen LogP) is 1.63. The third-order valence-corrected chi connectivity index (χ3v) is 1.30. The third-order valence-electron chi connectivity index (χ3n) is 0.770. The SMILES string of the molecule is c1cccn[pH]ncc1. The van der Waals surface area contributed by atoms with Gasteiger partial charge in [-0.1, -0.05) is 12.1 Å². The number of hydrogen-bond donors (Lipinski definition) is 0. The van der Waals surface area contributed by atoms with Gasteiger partial charge in [0, 0.05) is 12.4 Å². The Morgan fingerprint density at radius 3 is 1.89 bits per heavy atom. The minimum atomic E-state index is 0.322. The maximum atomic E-state index is 3.97. The fourth-order valence-electron chi connectivity index (χ4n) is 0.414. The van der Waals surface area contributed by atoms with E-state index in [-0.39, 0.29) is 0 Å². The molecule has 9 heavy (non-hydrogen) atoms. The first-order chi connectivity index (χ1) is 4.50. The molecular formula is C6H7N2P. The second kappa shape index (κ2) is 4.04. The highest BCUT2D eigenvalue weighted by molar-refractivity contribution is 7.20. The molecule has 2 nitrogen and oxygen atoms in total. The number of aromatic nitrogens is 2. The van der Waals surface area contributed by atoms with E-state index in [4.69, 9.17) is 0 Å². The second-order valence-corrected chi connectivity index (χ2v) is 2.14. The zero-order valence-corrected chi connectivity index (χ0v) is 5.86. The molecule has 0 aromatic carbocycles. The summed E-state index contributed by atoms with van der Waals surface area (Å²) in [6, 6.07) is 7.62. The Morgan fingerprint density at radius 2 is 1.33 bits per heavy atom. The molecule has 0 unspecified atom stereocenters. The van der Waals surface area contributed by atoms with Gasteiger partial charge in [0.05, 0.1) is 8.51 Å². The van der Waals surface area contributed by atoms with E-state index in [0.717, 1.165) is 0 Å². The highest BCUT2D eigenvalue weighted by Gasteiger charge is 1.58. The Hall–Kier alpha value is -0.880. The molecule has 0 amide bonds. The Morgan fingerprint density at radius 1 is 0.778 bits per heavy atom. The van der Waals surface area contributed by atoms with Crippen molar-refractivity contribution in [3.8, 4) is 0 Å². The van der Waals surface area contributed by atoms with Crippen LogP contribution in [0.3, 0.4) is 0 Å². The lowest BCUT2D eigenvalue weighted by molar-refractivity contribution is 1.49. The molecule has 0 bridgehead atoms. The van der Waals surface area contributed by atoms with Crippen molar-refractivity contribution in [2.75, 3.05) is 0 Å². The molecule has 1 aromatic rings. The van der Waals surface area contributed by atoms with Crippen LogP contribution in [-0.2, 0) is 0 Å². The van der Waals surface area contributed by atoms with Crippen LogP contribution in [0.4, 0.5) is 0 Å². The molecule has 0 fully saturated rings. The smallest absolute Gasteiger partial charge is 0.0518 e. The molecule has 0 saturated carbocycles. The lowest BCUT2D eigenvalue weighted by Gasteiger charge is -1.62. The summed E-state index contributed by atoms with van der Waals surface area (Å²) in [5.41, 5.74) is 0. The molecule has 3 heteroatoms. The Kier molecular flexibility index (Phi) is 2.81. The highest BCUT2D eigenvalue weighted by atomic mass is 31.1. The van der Waals surface area contributed by atoms with Crippen LogP contribution in [0, 0.1) is 0 Å². The van der Waals surface area contributed by atoms with Gasteiger partial charge in [0.15, 0.2) is 0 Å². The van der Waals surface area contributed by atoms with Gasteiger partial charge >= 0.3 is 0 Å². The van der Waals surface area contributed by atoms with Gasteiger partial charge < -0.3 is 0 Å². The summed E-state index contributed by atoms with van der Waals surface area (Å²) >= 11 is 0. The van der Waals surface area contributed by atoms with E-state index in [9.17, 15) is 0 Å². The maximum Gasteiger partial charge on any atom is 0.0518 e. The van der Waals surface area contributed by atoms with E-state index >= 15 is 0 Å². The Bertz CT molecular complexity index is 133. The van der Waals surface area contributed by atoms with E-state index < -0.39 is 0 Å². The van der Waals surface area contributed by atoms with Crippen molar-refractivity contribution >= 4 is 8.51 Å². The first-order valence-electron chi connectivity index (χ1n) is 2.63. The summed E-state index contributed by atoms with van der Waals surface area (Å²) in [6.45, 7) is 0. The Labute approximate surface area is 55.5 Å². The van der Waals surface area contributed by atoms with Crippen LogP contribution >= 0.6 is 8.51 Å². The summed E-state index contributed by atoms with van der Waals surface area (Å²) in [5, 5.41) is 0. The third kappa shape index (κ3) is 2.83. The fourth-order valence-corrected chi connectivity index (χ4v) is 0.786. The molecule has 0 radical (unpaired) electrons. The van der Waals surface area contributed by atoms with Gasteiger partial charge in [0.2, 0.25) is 0 Å². The van der Waals surface area contributed by atoms with Crippen molar-refractivity contribution < 1.29 is 0 Å². The minimum Gasteiger partial charge on any atom is -0.230 e. The normalized spacial score (nSPS) is 8.00. The van der Waals surface area contributed by atoms with Gasteiger partial charge in [0.25, 0.3) is 0 Å². The lowest BCUT2D eigenvalue weighted by atomic mass is 10.5. The van der Waals surface area contributed by atoms with Crippen LogP contribution in [0.1, 0.15) is 0 Å². The summed E-state index contributed by atoms with van der Waals surface area (Å²) in [6.07, 6.45) is 3.51. The quantitative estimate of drug-likeness (QED) is 0.544. The van der Waals surface area contributed by atoms with Gasteiger partial charge in [-0.3, -0.25) is 0 Å². The van der Waals surface area contributed by atoms with Gasteiger partial charge in [-0.25, -0.2) is 9.49 Å². The zero-order valence-electron chi connectivity index (χ0n) is 4.86. The number of nitrogens with zero attached hydrogens (tertiary/aromatic N) is 2. The molecule has 0 N–H and O–H groups in total. The topological polar surface area (TPSA) is 25.8 Å². The van der Waals surface area contributed by atoms with Crippen molar-refractivity contribution in [3.05, 3.63) is 36.7 Å². The summed E-state index contributed by atoms with van der Waals surface area (Å²) in [4.78, 5) is 0. The largest absolute Gasteiger partial charge is 0.230 e. The predicted molar refractivity (Wildman–Crippen MR) is 39.2 cm³/mol. The molecule has 0 aliphatic rings. The van der Waals surface area contributed by atoms with E-state index in [1.807, 2.05) is 24.3 Å². The molecule has 0 atom stereocenters. The molecule has 1 aromatic heterocycles. The van der Waals surface area contributed by atoms with Gasteiger partial charge in [0.1, 0.15) is 0 Å². The Balaban J connectivity index is 3.04. The number of hydrogen-bond acceptors (Lipinski definition) is 2. The minimum absolute atomic E-state index is 0.322. The van der Waals surface area contributed by atoms with Crippen molar-refractivity contribution in [2.24, 2.45) is 0 Å². The molecule has 1 rings (SSSR count). The highest BCUT2D eigenvalue weighted by Crippen LogP contribution is 1.82. The molecule has 0 spiro atoms. The summed E-state index contributed by atoms with van der Waals surface area (Å²) in [7, 11) is 0.322. The van der Waals surface area contributed by atoms with Crippen molar-refractivity contribution in [1.29, 1.82) is 0 Å². The molecule has 1 heterocycles. The first-order valence-corrected chi connectivity index (χ1v) is 3.52. The first kappa shape index (κ1) is 6.24. The van der Waals surface area contributed by atoms with Crippen LogP contribution in [-0.4, -0.2) is 9.49 Å². The van der Waals surface area contributed by atoms with Crippen molar-refractivity contribution in [1.82, 2.24) is 9.49 Å². The summed E-state index contributed by atoms with van der Waals surface area (Å²) in [5.74, 6) is 0. The summed E-state index contributed by atoms with van der Waals surface area (Å²) < 4.78 is 7.94. The van der Waals surface area contributed by atoms with Gasteiger partial charge in [-0.2, -0.15) is 0 Å². The van der Waals surface area contributed by atoms with Crippen LogP contribution in [0.5, 0.6) is 0 Å². The lowest BCUT2D eigenvalue weighted by Crippen LogP contribution is -1.48. The molecule has 0 aliphatic carbocycles. The average Bonchev–Trinajstić information content (AvgIpc) is 2.00. The van der Waals surface area contributed by atoms with Crippen LogP contribution in [0.15, 0.2) is 36.7 Å². The van der Waals surface area contributed by atoms with Crippen LogP contribution in [0.25, 0.3) is 0 Å². The molecule has 0 saturated heterocycles. The molecule has 46 valence electrons. The average molecular weight is 138 g/mol. The number of rotatable bonds is 0. The monoisotopic (exact) mass is 138 g/mol. The standard InChI is InChI=1S/C6H7N2P/c1-2-4-6-8-9-7-5-3-1/h1-6,9H.